The predicted molar refractivity (Wildman–Crippen MR) is 132 cm³/mol. The Bertz CT molecular complexity index is 1160. The van der Waals surface area contributed by atoms with Crippen LogP contribution in [0.4, 0.5) is 9.59 Å². The Kier molecular flexibility index (Phi) is 6.57. The molecule has 3 fully saturated rings. The van der Waals surface area contributed by atoms with Gasteiger partial charge in [0.1, 0.15) is 24.1 Å². The minimum absolute atomic E-state index is 0.0330. The Balaban J connectivity index is 1.16. The molecule has 3 amide bonds. The Morgan fingerprint density at radius 1 is 1.24 bits per heavy atom. The summed E-state index contributed by atoms with van der Waals surface area (Å²) in [5.74, 6) is 1.22. The van der Waals surface area contributed by atoms with Crippen LogP contribution in [-0.2, 0) is 22.6 Å². The number of rotatable bonds is 9. The van der Waals surface area contributed by atoms with Crippen LogP contribution in [0.2, 0.25) is 0 Å². The standard InChI is InChI=1S/C26H34N6O5/c1-17(28-23(33)37-25(2,3)4)27-13-10-21-29-30-22(36-21)19-14-26(11-12-26)20-15-31(19)24(34)32(20)35-16-18-8-6-5-7-9-18/h5-9,19-20,27H,1,10-16H2,2-4H3,(H,28,33)/t19-,20-/m0/s1. The van der Waals surface area contributed by atoms with Crippen LogP contribution in [0, 0.1) is 5.41 Å². The maximum absolute atomic E-state index is 13.3. The first-order valence-corrected chi connectivity index (χ1v) is 12.7. The van der Waals surface area contributed by atoms with Crippen molar-refractivity contribution in [3.05, 3.63) is 60.1 Å². The molecule has 2 saturated heterocycles. The summed E-state index contributed by atoms with van der Waals surface area (Å²) in [6.07, 6.45) is 2.75. The largest absolute Gasteiger partial charge is 0.444 e. The van der Waals surface area contributed by atoms with Crippen molar-refractivity contribution >= 4 is 12.1 Å². The monoisotopic (exact) mass is 510 g/mol. The van der Waals surface area contributed by atoms with Gasteiger partial charge in [0.2, 0.25) is 11.8 Å². The number of urea groups is 1. The number of fused-ring (bicyclic) bond motifs is 3. The molecule has 0 radical (unpaired) electrons. The van der Waals surface area contributed by atoms with Crippen LogP contribution in [0.1, 0.15) is 63.4 Å². The molecular formula is C26H34N6O5. The first-order valence-electron chi connectivity index (χ1n) is 12.7. The van der Waals surface area contributed by atoms with E-state index in [0.717, 1.165) is 24.8 Å². The maximum Gasteiger partial charge on any atom is 0.413 e. The molecule has 1 spiro atoms. The van der Waals surface area contributed by atoms with Gasteiger partial charge < -0.3 is 19.4 Å². The molecule has 1 aromatic carbocycles. The smallest absolute Gasteiger partial charge is 0.413 e. The number of hydrogen-bond donors (Lipinski definition) is 2. The highest BCUT2D eigenvalue weighted by Gasteiger charge is 2.64. The average molecular weight is 511 g/mol. The van der Waals surface area contributed by atoms with E-state index in [2.05, 4.69) is 27.4 Å². The molecule has 3 aliphatic rings. The van der Waals surface area contributed by atoms with E-state index in [0.29, 0.717) is 43.7 Å². The molecule has 3 heterocycles. The van der Waals surface area contributed by atoms with E-state index in [9.17, 15) is 9.59 Å². The van der Waals surface area contributed by atoms with E-state index >= 15 is 0 Å². The van der Waals surface area contributed by atoms with Crippen LogP contribution in [0.3, 0.4) is 0 Å². The summed E-state index contributed by atoms with van der Waals surface area (Å²) in [5, 5.41) is 15.6. The number of hydroxylamine groups is 2. The van der Waals surface area contributed by atoms with Gasteiger partial charge in [-0.25, -0.2) is 9.59 Å². The lowest BCUT2D eigenvalue weighted by Crippen LogP contribution is -2.42. The van der Waals surface area contributed by atoms with Crippen molar-refractivity contribution in [3.8, 4) is 0 Å². The zero-order chi connectivity index (χ0) is 26.2. The van der Waals surface area contributed by atoms with Crippen LogP contribution in [0.15, 0.2) is 47.1 Å². The van der Waals surface area contributed by atoms with Crippen LogP contribution in [0.5, 0.6) is 0 Å². The number of ether oxygens (including phenoxy) is 1. The number of alkyl carbamates (subject to hydrolysis) is 1. The summed E-state index contributed by atoms with van der Waals surface area (Å²) in [4.78, 5) is 33.0. The van der Waals surface area contributed by atoms with Crippen molar-refractivity contribution in [1.29, 1.82) is 0 Å². The first-order chi connectivity index (χ1) is 17.6. The van der Waals surface area contributed by atoms with Crippen molar-refractivity contribution in [2.45, 2.75) is 70.7 Å². The fraction of sp³-hybridized carbons (Fsp3) is 0.538. The Morgan fingerprint density at radius 2 is 2.00 bits per heavy atom. The average Bonchev–Trinajstić information content (AvgIpc) is 3.32. The van der Waals surface area contributed by atoms with Crippen molar-refractivity contribution in [3.63, 3.8) is 0 Å². The van der Waals surface area contributed by atoms with Crippen LogP contribution in [-0.4, -0.2) is 57.0 Å². The molecule has 1 aromatic heterocycles. The predicted octanol–water partition coefficient (Wildman–Crippen LogP) is 3.66. The lowest BCUT2D eigenvalue weighted by molar-refractivity contribution is -0.153. The Morgan fingerprint density at radius 3 is 2.70 bits per heavy atom. The minimum atomic E-state index is -0.593. The van der Waals surface area contributed by atoms with Crippen LogP contribution >= 0.6 is 0 Å². The fourth-order valence-electron chi connectivity index (χ4n) is 5.01. The van der Waals surface area contributed by atoms with Gasteiger partial charge in [0.15, 0.2) is 0 Å². The lowest BCUT2D eigenvalue weighted by atomic mass is 9.85. The molecule has 2 N–H and O–H groups in total. The molecular weight excluding hydrogens is 476 g/mol. The Hall–Kier alpha value is -3.60. The molecule has 37 heavy (non-hydrogen) atoms. The summed E-state index contributed by atoms with van der Waals surface area (Å²) < 4.78 is 11.2. The molecule has 11 heteroatoms. The molecule has 198 valence electrons. The molecule has 5 rings (SSSR count). The number of carbonyl (C=O) groups excluding carboxylic acids is 2. The molecule has 1 saturated carbocycles. The third kappa shape index (κ3) is 5.56. The van der Waals surface area contributed by atoms with Gasteiger partial charge >= 0.3 is 12.1 Å². The van der Waals surface area contributed by atoms with Crippen molar-refractivity contribution in [1.82, 2.24) is 30.8 Å². The third-order valence-electron chi connectivity index (χ3n) is 6.97. The summed E-state index contributed by atoms with van der Waals surface area (Å²) >= 11 is 0. The summed E-state index contributed by atoms with van der Waals surface area (Å²) in [6, 6.07) is 9.46. The van der Waals surface area contributed by atoms with Crippen LogP contribution in [0.25, 0.3) is 0 Å². The second kappa shape index (κ2) is 9.70. The molecule has 2 aliphatic heterocycles. The quantitative estimate of drug-likeness (QED) is 0.524. The SMILES string of the molecule is C=C(NCCc1nnc([C@@H]2CC3(CC3)[C@@H]3CN2C(=O)N3OCc2ccccc2)o1)NC(=O)OC(C)(C)C. The maximum atomic E-state index is 13.3. The topological polar surface area (TPSA) is 122 Å². The summed E-state index contributed by atoms with van der Waals surface area (Å²) in [7, 11) is 0. The second-order valence-electron chi connectivity index (χ2n) is 10.9. The number of benzene rings is 1. The van der Waals surface area contributed by atoms with Gasteiger partial charge in [-0.1, -0.05) is 36.9 Å². The number of nitrogens with one attached hydrogen (secondary N) is 2. The molecule has 2 bridgehead atoms. The number of aromatic nitrogens is 2. The molecule has 2 aromatic rings. The van der Waals surface area contributed by atoms with Crippen molar-refractivity contribution in [2.75, 3.05) is 13.1 Å². The highest BCUT2D eigenvalue weighted by atomic mass is 16.7. The van der Waals surface area contributed by atoms with E-state index in [4.69, 9.17) is 14.0 Å². The zero-order valence-corrected chi connectivity index (χ0v) is 21.5. The number of amides is 3. The van der Waals surface area contributed by atoms with Crippen LogP contribution < -0.4 is 10.6 Å². The summed E-state index contributed by atoms with van der Waals surface area (Å²) in [6.45, 7) is 10.5. The van der Waals surface area contributed by atoms with Gasteiger partial charge in [-0.15, -0.1) is 10.2 Å². The number of nitrogens with zero attached hydrogens (tertiary/aromatic N) is 4. The minimum Gasteiger partial charge on any atom is -0.444 e. The third-order valence-corrected chi connectivity index (χ3v) is 6.97. The molecule has 11 nitrogen and oxygen atoms in total. The second-order valence-corrected chi connectivity index (χ2v) is 10.9. The number of hydrogen-bond acceptors (Lipinski definition) is 8. The van der Waals surface area contributed by atoms with E-state index in [1.54, 1.807) is 30.7 Å². The van der Waals surface area contributed by atoms with Crippen molar-refractivity contribution < 1.29 is 23.6 Å². The van der Waals surface area contributed by atoms with Crippen molar-refractivity contribution in [2.24, 2.45) is 5.41 Å². The van der Waals surface area contributed by atoms with Gasteiger partial charge in [0, 0.05) is 19.5 Å². The van der Waals surface area contributed by atoms with Gasteiger partial charge in [-0.3, -0.25) is 10.2 Å². The van der Waals surface area contributed by atoms with Gasteiger partial charge in [-0.05, 0) is 51.0 Å². The van der Waals surface area contributed by atoms with E-state index < -0.39 is 11.7 Å². The van der Waals surface area contributed by atoms with E-state index in [1.807, 2.05) is 30.3 Å². The van der Waals surface area contributed by atoms with E-state index in [-0.39, 0.29) is 23.5 Å². The molecule has 0 unspecified atom stereocenters. The molecule has 1 aliphatic carbocycles. The lowest BCUT2D eigenvalue weighted by Gasteiger charge is -2.35. The highest BCUT2D eigenvalue weighted by Crippen LogP contribution is 2.61. The Labute approximate surface area is 216 Å². The summed E-state index contributed by atoms with van der Waals surface area (Å²) in [5.41, 5.74) is 0.461. The number of carbonyl (C=O) groups is 2. The molecule has 2 atom stereocenters. The number of piperidine rings is 1. The zero-order valence-electron chi connectivity index (χ0n) is 21.5. The fourth-order valence-corrected chi connectivity index (χ4v) is 5.01. The first kappa shape index (κ1) is 25.1. The van der Waals surface area contributed by atoms with Gasteiger partial charge in [-0.2, -0.15) is 5.06 Å². The van der Waals surface area contributed by atoms with E-state index in [1.165, 1.54) is 0 Å². The normalized spacial score (nSPS) is 21.8. The van der Waals surface area contributed by atoms with Gasteiger partial charge in [0.05, 0.1) is 6.04 Å². The highest BCUT2D eigenvalue weighted by molar-refractivity contribution is 5.77. The van der Waals surface area contributed by atoms with Gasteiger partial charge in [0.25, 0.3) is 0 Å².